The Morgan fingerprint density at radius 3 is 3.00 bits per heavy atom. The summed E-state index contributed by atoms with van der Waals surface area (Å²) in [5.41, 5.74) is 6.29. The Bertz CT molecular complexity index is 438. The van der Waals surface area contributed by atoms with Gasteiger partial charge in [-0.2, -0.15) is 0 Å². The van der Waals surface area contributed by atoms with Crippen molar-refractivity contribution in [2.24, 2.45) is 5.73 Å². The zero-order chi connectivity index (χ0) is 9.97. The Hall–Kier alpha value is -1.88. The van der Waals surface area contributed by atoms with Crippen LogP contribution in [0.1, 0.15) is 5.82 Å². The molecule has 0 saturated carbocycles. The van der Waals surface area contributed by atoms with Crippen molar-refractivity contribution in [2.75, 3.05) is 0 Å². The van der Waals surface area contributed by atoms with Crippen LogP contribution in [0.3, 0.4) is 0 Å². The molecule has 1 aromatic carbocycles. The van der Waals surface area contributed by atoms with E-state index in [0.29, 0.717) is 12.4 Å². The molecule has 0 atom stereocenters. The fourth-order valence-electron chi connectivity index (χ4n) is 1.26. The first-order valence-electron chi connectivity index (χ1n) is 4.19. The number of hydrogen-bond acceptors (Lipinski definition) is 4. The predicted octanol–water partition coefficient (Wildman–Crippen LogP) is 0.432. The second-order valence-electron chi connectivity index (χ2n) is 2.84. The van der Waals surface area contributed by atoms with E-state index in [2.05, 4.69) is 10.2 Å². The van der Waals surface area contributed by atoms with E-state index in [0.717, 1.165) is 5.69 Å². The van der Waals surface area contributed by atoms with Gasteiger partial charge in [0.05, 0.1) is 12.2 Å². The smallest absolute Gasteiger partial charge is 0.151 e. The van der Waals surface area contributed by atoms with Gasteiger partial charge in [-0.25, -0.2) is 0 Å². The molecule has 0 bridgehead atoms. The molecule has 72 valence electrons. The number of aromatic nitrogens is 3. The highest BCUT2D eigenvalue weighted by molar-refractivity contribution is 5.38. The predicted molar refractivity (Wildman–Crippen MR) is 50.9 cm³/mol. The lowest BCUT2D eigenvalue weighted by Gasteiger charge is -2.04. The van der Waals surface area contributed by atoms with Crippen LogP contribution in [0, 0.1) is 0 Å². The molecule has 0 aliphatic carbocycles. The van der Waals surface area contributed by atoms with Gasteiger partial charge >= 0.3 is 0 Å². The lowest BCUT2D eigenvalue weighted by atomic mass is 10.3. The summed E-state index contributed by atoms with van der Waals surface area (Å²) in [5.74, 6) is 0.870. The van der Waals surface area contributed by atoms with Gasteiger partial charge in [0.2, 0.25) is 0 Å². The van der Waals surface area contributed by atoms with Crippen LogP contribution in [0.2, 0.25) is 0 Å². The first-order valence-corrected chi connectivity index (χ1v) is 4.19. The first-order chi connectivity index (χ1) is 6.81. The summed E-state index contributed by atoms with van der Waals surface area (Å²) in [6.07, 6.45) is 1.57. The van der Waals surface area contributed by atoms with Crippen molar-refractivity contribution in [1.82, 2.24) is 14.8 Å². The van der Waals surface area contributed by atoms with Crippen molar-refractivity contribution in [3.8, 4) is 11.4 Å². The number of phenolic OH excluding ortho intramolecular Hbond substituents is 1. The van der Waals surface area contributed by atoms with Gasteiger partial charge in [-0.3, -0.25) is 4.57 Å². The molecule has 0 saturated heterocycles. The maximum Gasteiger partial charge on any atom is 0.151 e. The highest BCUT2D eigenvalue weighted by Crippen LogP contribution is 2.15. The Morgan fingerprint density at radius 2 is 2.29 bits per heavy atom. The van der Waals surface area contributed by atoms with Gasteiger partial charge in [-0.05, 0) is 12.1 Å². The fourth-order valence-corrected chi connectivity index (χ4v) is 1.26. The average Bonchev–Trinajstić information content (AvgIpc) is 2.65. The molecule has 5 nitrogen and oxygen atoms in total. The minimum absolute atomic E-state index is 0.208. The summed E-state index contributed by atoms with van der Waals surface area (Å²) in [4.78, 5) is 0. The van der Waals surface area contributed by atoms with Crippen LogP contribution < -0.4 is 5.73 Å². The van der Waals surface area contributed by atoms with Crippen LogP contribution in [0.4, 0.5) is 0 Å². The van der Waals surface area contributed by atoms with Gasteiger partial charge in [0.1, 0.15) is 12.1 Å². The summed E-state index contributed by atoms with van der Waals surface area (Å²) in [6, 6.07) is 6.84. The molecule has 0 radical (unpaired) electrons. The van der Waals surface area contributed by atoms with E-state index < -0.39 is 0 Å². The molecule has 2 rings (SSSR count). The van der Waals surface area contributed by atoms with Crippen LogP contribution in [0.5, 0.6) is 5.75 Å². The monoisotopic (exact) mass is 190 g/mol. The highest BCUT2D eigenvalue weighted by Gasteiger charge is 2.03. The molecular formula is C9H10N4O. The van der Waals surface area contributed by atoms with Gasteiger partial charge in [0.25, 0.3) is 0 Å². The molecule has 0 spiro atoms. The zero-order valence-corrected chi connectivity index (χ0v) is 7.46. The summed E-state index contributed by atoms with van der Waals surface area (Å²) in [5, 5.41) is 16.9. The van der Waals surface area contributed by atoms with E-state index in [-0.39, 0.29) is 5.75 Å². The molecule has 0 fully saturated rings. The third-order valence-corrected chi connectivity index (χ3v) is 1.91. The van der Waals surface area contributed by atoms with Crippen LogP contribution in [0.25, 0.3) is 5.69 Å². The minimum Gasteiger partial charge on any atom is -0.508 e. The molecule has 0 unspecified atom stereocenters. The molecule has 0 amide bonds. The standard InChI is InChI=1S/C9H10N4O/c10-5-9-12-11-6-13(9)7-2-1-3-8(14)4-7/h1-4,6,14H,5,10H2. The summed E-state index contributed by atoms with van der Waals surface area (Å²) >= 11 is 0. The van der Waals surface area contributed by atoms with Crippen molar-refractivity contribution in [1.29, 1.82) is 0 Å². The van der Waals surface area contributed by atoms with Crippen LogP contribution in [-0.2, 0) is 6.54 Å². The van der Waals surface area contributed by atoms with E-state index in [1.54, 1.807) is 29.1 Å². The molecule has 14 heavy (non-hydrogen) atoms. The molecule has 5 heteroatoms. The number of rotatable bonds is 2. The second kappa shape index (κ2) is 3.47. The van der Waals surface area contributed by atoms with E-state index in [4.69, 9.17) is 5.73 Å². The average molecular weight is 190 g/mol. The third kappa shape index (κ3) is 1.45. The summed E-state index contributed by atoms with van der Waals surface area (Å²) in [6.45, 7) is 0.315. The third-order valence-electron chi connectivity index (χ3n) is 1.91. The summed E-state index contributed by atoms with van der Waals surface area (Å²) < 4.78 is 1.74. The van der Waals surface area contributed by atoms with Crippen LogP contribution >= 0.6 is 0 Å². The van der Waals surface area contributed by atoms with Gasteiger partial charge in [0.15, 0.2) is 5.82 Å². The minimum atomic E-state index is 0.208. The fraction of sp³-hybridized carbons (Fsp3) is 0.111. The number of aromatic hydroxyl groups is 1. The molecule has 1 heterocycles. The van der Waals surface area contributed by atoms with E-state index in [9.17, 15) is 5.11 Å². The van der Waals surface area contributed by atoms with E-state index in [1.807, 2.05) is 6.07 Å². The topological polar surface area (TPSA) is 77.0 Å². The lowest BCUT2D eigenvalue weighted by molar-refractivity contribution is 0.475. The van der Waals surface area contributed by atoms with Crippen molar-refractivity contribution < 1.29 is 5.11 Å². The van der Waals surface area contributed by atoms with Gasteiger partial charge in [-0.15, -0.1) is 10.2 Å². The van der Waals surface area contributed by atoms with Gasteiger partial charge < -0.3 is 10.8 Å². The number of phenols is 1. The molecule has 0 aliphatic heterocycles. The molecule has 3 N–H and O–H groups in total. The first kappa shape index (κ1) is 8.71. The maximum absolute atomic E-state index is 9.29. The van der Waals surface area contributed by atoms with Crippen molar-refractivity contribution in [3.05, 3.63) is 36.4 Å². The molecular weight excluding hydrogens is 180 g/mol. The van der Waals surface area contributed by atoms with E-state index in [1.165, 1.54) is 0 Å². The van der Waals surface area contributed by atoms with Gasteiger partial charge in [-0.1, -0.05) is 6.07 Å². The van der Waals surface area contributed by atoms with Crippen LogP contribution in [0.15, 0.2) is 30.6 Å². The zero-order valence-electron chi connectivity index (χ0n) is 7.46. The molecule has 0 aliphatic rings. The van der Waals surface area contributed by atoms with Crippen molar-refractivity contribution >= 4 is 0 Å². The van der Waals surface area contributed by atoms with Crippen molar-refractivity contribution in [2.45, 2.75) is 6.54 Å². The Labute approximate surface area is 80.8 Å². The number of hydrogen-bond donors (Lipinski definition) is 2. The second-order valence-corrected chi connectivity index (χ2v) is 2.84. The summed E-state index contributed by atoms with van der Waals surface area (Å²) in [7, 11) is 0. The van der Waals surface area contributed by atoms with Gasteiger partial charge in [0, 0.05) is 6.07 Å². The molecule has 1 aromatic heterocycles. The lowest BCUT2D eigenvalue weighted by Crippen LogP contribution is -2.05. The number of nitrogens with zero attached hydrogens (tertiary/aromatic N) is 3. The highest BCUT2D eigenvalue weighted by atomic mass is 16.3. The van der Waals surface area contributed by atoms with E-state index >= 15 is 0 Å². The normalized spacial score (nSPS) is 10.4. The Balaban J connectivity index is 2.49. The van der Waals surface area contributed by atoms with Crippen molar-refractivity contribution in [3.63, 3.8) is 0 Å². The molecule has 2 aromatic rings. The quantitative estimate of drug-likeness (QED) is 0.720. The SMILES string of the molecule is NCc1nncn1-c1cccc(O)c1. The largest absolute Gasteiger partial charge is 0.508 e. The van der Waals surface area contributed by atoms with Crippen LogP contribution in [-0.4, -0.2) is 19.9 Å². The number of benzene rings is 1. The number of nitrogens with two attached hydrogens (primary N) is 1. The Kier molecular flexibility index (Phi) is 2.16. The Morgan fingerprint density at radius 1 is 1.43 bits per heavy atom. The maximum atomic E-state index is 9.29.